The van der Waals surface area contributed by atoms with Crippen LogP contribution in [-0.4, -0.2) is 35.9 Å². The Morgan fingerprint density at radius 2 is 2.21 bits per heavy atom. The predicted molar refractivity (Wildman–Crippen MR) is 66.8 cm³/mol. The third kappa shape index (κ3) is 2.45. The molecule has 1 aliphatic carbocycles. The second kappa shape index (κ2) is 4.99. The molecule has 0 spiro atoms. The van der Waals surface area contributed by atoms with Crippen LogP contribution in [0.15, 0.2) is 36.1 Å². The lowest BCUT2D eigenvalue weighted by molar-refractivity contribution is -0.457. The minimum absolute atomic E-state index is 0.0612. The van der Waals surface area contributed by atoms with E-state index in [4.69, 9.17) is 4.74 Å². The molecule has 7 heteroatoms. The van der Waals surface area contributed by atoms with Crippen molar-refractivity contribution in [2.24, 2.45) is 0 Å². The van der Waals surface area contributed by atoms with Crippen molar-refractivity contribution in [2.75, 3.05) is 6.61 Å². The summed E-state index contributed by atoms with van der Waals surface area (Å²) in [6.45, 7) is 3.15. The summed E-state index contributed by atoms with van der Waals surface area (Å²) in [4.78, 5) is 11.7. The molecule has 0 N–H and O–H groups in total. The minimum Gasteiger partial charge on any atom is -0.595 e. The number of carbonyl (C=O) groups excluding carboxylic acids is 1. The molecular weight excluding hydrogens is 255 g/mol. The summed E-state index contributed by atoms with van der Waals surface area (Å²) in [5.41, 5.74) is 0.190. The lowest BCUT2D eigenvalue weighted by Gasteiger charge is -2.19. The number of esters is 1. The molecule has 2 aliphatic rings. The average Bonchev–Trinajstić information content (AvgIpc) is 2.49. The highest BCUT2D eigenvalue weighted by molar-refractivity contribution is 6.54. The molecule has 102 valence electrons. The van der Waals surface area contributed by atoms with E-state index in [9.17, 15) is 13.4 Å². The lowest BCUT2D eigenvalue weighted by Crippen LogP contribution is -2.47. The maximum Gasteiger partial charge on any atom is 0.829 e. The zero-order valence-electron chi connectivity index (χ0n) is 10.7. The fourth-order valence-corrected chi connectivity index (χ4v) is 2.05. The van der Waals surface area contributed by atoms with Gasteiger partial charge in [-0.3, -0.25) is 0 Å². The molecule has 4 nitrogen and oxygen atoms in total. The van der Waals surface area contributed by atoms with E-state index >= 15 is 0 Å². The summed E-state index contributed by atoms with van der Waals surface area (Å²) >= 11 is 0. The van der Waals surface area contributed by atoms with E-state index < -0.39 is 19.0 Å². The van der Waals surface area contributed by atoms with Gasteiger partial charge in [0.25, 0.3) is 0 Å². The van der Waals surface area contributed by atoms with Crippen molar-refractivity contribution in [1.29, 1.82) is 0 Å². The Labute approximate surface area is 109 Å². The molecule has 0 saturated carbocycles. The van der Waals surface area contributed by atoms with Crippen molar-refractivity contribution in [3.8, 4) is 0 Å². The maximum atomic E-state index is 13.9. The number of fused-ring (bicyclic) bond motifs is 1. The van der Waals surface area contributed by atoms with Gasteiger partial charge in [-0.1, -0.05) is 18.2 Å². The summed E-state index contributed by atoms with van der Waals surface area (Å²) in [6, 6.07) is -1.11. The predicted octanol–water partition coefficient (Wildman–Crippen LogP) is 1.81. The summed E-state index contributed by atoms with van der Waals surface area (Å²) in [6.07, 6.45) is 7.85. The van der Waals surface area contributed by atoms with Crippen LogP contribution in [0.4, 0.5) is 8.63 Å². The summed E-state index contributed by atoms with van der Waals surface area (Å²) in [5, 5.41) is 0. The molecule has 2 rings (SSSR count). The van der Waals surface area contributed by atoms with Gasteiger partial charge in [-0.25, -0.2) is 4.79 Å². The molecule has 19 heavy (non-hydrogen) atoms. The van der Waals surface area contributed by atoms with Crippen LogP contribution >= 0.6 is 0 Å². The molecule has 1 heterocycles. The summed E-state index contributed by atoms with van der Waals surface area (Å²) in [7, 11) is -4.27. The largest absolute Gasteiger partial charge is 0.829 e. The van der Waals surface area contributed by atoms with Crippen LogP contribution in [0.1, 0.15) is 13.8 Å². The fourth-order valence-electron chi connectivity index (χ4n) is 2.05. The molecule has 0 fully saturated rings. The van der Waals surface area contributed by atoms with Crippen LogP contribution in [0, 0.1) is 0 Å². The first-order valence-electron chi connectivity index (χ1n) is 6.05. The fraction of sp³-hybridized carbons (Fsp3) is 0.333. The Hall–Kier alpha value is -1.92. The van der Waals surface area contributed by atoms with Gasteiger partial charge in [0.05, 0.1) is 6.61 Å². The minimum atomic E-state index is -4.27. The molecule has 1 aliphatic heterocycles. The number of halogens is 2. The van der Waals surface area contributed by atoms with Gasteiger partial charge in [0.15, 0.2) is 5.71 Å². The first-order chi connectivity index (χ1) is 8.97. The van der Waals surface area contributed by atoms with Crippen LogP contribution in [0.5, 0.6) is 0 Å². The number of hydrogen-bond donors (Lipinski definition) is 0. The molecule has 0 radical (unpaired) electrons. The number of ether oxygens (including phenoxy) is 1. The SMILES string of the molecule is CCOC(=O)[C@H](C)[N+]1=C2C=CC=CC=C2O[B-]1(F)F. The smallest absolute Gasteiger partial charge is 0.595 e. The lowest BCUT2D eigenvalue weighted by atomic mass is 10.0. The van der Waals surface area contributed by atoms with E-state index in [0.29, 0.717) is 4.49 Å². The molecular formula is C12H14BF2NO3. The molecule has 1 atom stereocenters. The van der Waals surface area contributed by atoms with Crippen molar-refractivity contribution in [3.05, 3.63) is 36.1 Å². The van der Waals surface area contributed by atoms with Crippen LogP contribution < -0.4 is 0 Å². The second-order valence-electron chi connectivity index (χ2n) is 4.17. The van der Waals surface area contributed by atoms with Crippen molar-refractivity contribution < 1.29 is 27.3 Å². The van der Waals surface area contributed by atoms with Gasteiger partial charge < -0.3 is 22.5 Å². The van der Waals surface area contributed by atoms with Crippen molar-refractivity contribution in [3.63, 3.8) is 0 Å². The third-order valence-electron chi connectivity index (χ3n) is 2.89. The molecule has 0 unspecified atom stereocenters. The number of hydrogen-bond acceptors (Lipinski definition) is 3. The normalized spacial score (nSPS) is 21.4. The average molecular weight is 269 g/mol. The Morgan fingerprint density at radius 3 is 2.89 bits per heavy atom. The Morgan fingerprint density at radius 1 is 1.47 bits per heavy atom. The van der Waals surface area contributed by atoms with E-state index in [1.165, 1.54) is 19.1 Å². The third-order valence-corrected chi connectivity index (χ3v) is 2.89. The molecule has 0 saturated heterocycles. The van der Waals surface area contributed by atoms with Crippen molar-refractivity contribution in [2.45, 2.75) is 19.9 Å². The van der Waals surface area contributed by atoms with Crippen LogP contribution in [-0.2, 0) is 14.2 Å². The second-order valence-corrected chi connectivity index (χ2v) is 4.17. The zero-order chi connectivity index (χ0) is 14.0. The molecule has 0 aromatic heterocycles. The van der Waals surface area contributed by atoms with Gasteiger partial charge in [0.2, 0.25) is 6.04 Å². The summed E-state index contributed by atoms with van der Waals surface area (Å²) < 4.78 is 38.0. The van der Waals surface area contributed by atoms with Crippen LogP contribution in [0.3, 0.4) is 0 Å². The quantitative estimate of drug-likeness (QED) is 0.579. The van der Waals surface area contributed by atoms with E-state index in [1.807, 2.05) is 0 Å². The van der Waals surface area contributed by atoms with E-state index in [1.54, 1.807) is 25.2 Å². The van der Waals surface area contributed by atoms with Crippen LogP contribution in [0.25, 0.3) is 0 Å². The Bertz CT molecular complexity index is 523. The first kappa shape index (κ1) is 13.5. The van der Waals surface area contributed by atoms with Crippen molar-refractivity contribution >= 4 is 18.7 Å². The number of rotatable bonds is 3. The monoisotopic (exact) mass is 269 g/mol. The van der Waals surface area contributed by atoms with Crippen molar-refractivity contribution in [1.82, 2.24) is 0 Å². The number of allylic oxidation sites excluding steroid dienone is 5. The molecule has 0 aromatic rings. The van der Waals surface area contributed by atoms with Gasteiger partial charge >= 0.3 is 13.0 Å². The first-order valence-corrected chi connectivity index (χ1v) is 6.05. The van der Waals surface area contributed by atoms with Gasteiger partial charge in [-0.2, -0.15) is 0 Å². The summed E-state index contributed by atoms with van der Waals surface area (Å²) in [5.74, 6) is -0.641. The van der Waals surface area contributed by atoms with E-state index in [2.05, 4.69) is 4.65 Å². The molecule has 0 bridgehead atoms. The highest BCUT2D eigenvalue weighted by Crippen LogP contribution is 2.28. The maximum absolute atomic E-state index is 13.9. The Kier molecular flexibility index (Phi) is 3.55. The van der Waals surface area contributed by atoms with Gasteiger partial charge in [-0.05, 0) is 13.0 Å². The van der Waals surface area contributed by atoms with Gasteiger partial charge in [0, 0.05) is 13.0 Å². The topological polar surface area (TPSA) is 38.5 Å². The zero-order valence-corrected chi connectivity index (χ0v) is 10.7. The highest BCUT2D eigenvalue weighted by atomic mass is 19.3. The Balaban J connectivity index is 2.44. The molecule has 0 aromatic carbocycles. The van der Waals surface area contributed by atoms with Crippen LogP contribution in [0.2, 0.25) is 0 Å². The standard InChI is InChI=1S/C12H14BF2NO3/c1-3-18-12(17)9(2)16-10-7-5-4-6-8-11(10)19-13(16,14)15/h4-9H,3H2,1-2H3/t9-/m0/s1. The van der Waals surface area contributed by atoms with E-state index in [0.717, 1.165) is 0 Å². The highest BCUT2D eigenvalue weighted by Gasteiger charge is 2.57. The van der Waals surface area contributed by atoms with E-state index in [-0.39, 0.29) is 18.1 Å². The number of nitrogens with zero attached hydrogens (tertiary/aromatic N) is 1. The molecule has 0 amide bonds. The van der Waals surface area contributed by atoms with Gasteiger partial charge in [0.1, 0.15) is 5.76 Å². The van der Waals surface area contributed by atoms with Gasteiger partial charge in [-0.15, -0.1) is 0 Å². The number of carbonyl (C=O) groups is 1.